The van der Waals surface area contributed by atoms with Crippen LogP contribution in [-0.2, 0) is 31.2 Å². The van der Waals surface area contributed by atoms with E-state index in [9.17, 15) is 0 Å². The van der Waals surface area contributed by atoms with Crippen LogP contribution in [0, 0.1) is 5.92 Å². The van der Waals surface area contributed by atoms with E-state index in [1.807, 2.05) is 30.3 Å². The molecule has 2 aliphatic rings. The zero-order valence-electron chi connectivity index (χ0n) is 44.1. The molecule has 2 aliphatic carbocycles. The normalized spacial score (nSPS) is 16.3. The quantitative estimate of drug-likeness (QED) is 0.0907. The van der Waals surface area contributed by atoms with Crippen molar-refractivity contribution in [3.05, 3.63) is 298 Å². The Labute approximate surface area is 456 Å². The highest BCUT2D eigenvalue weighted by atomic mass is 15.0. The van der Waals surface area contributed by atoms with Crippen LogP contribution in [0.3, 0.4) is 0 Å². The zero-order valence-corrected chi connectivity index (χ0v) is 44.1. The molecule has 0 amide bonds. The second-order valence-electron chi connectivity index (χ2n) is 21.3. The molecule has 9 aromatic carbocycles. The number of hydrogen-bond acceptors (Lipinski definition) is 3. The van der Waals surface area contributed by atoms with Crippen molar-refractivity contribution in [3.63, 3.8) is 0 Å². The number of rotatable bonds is 13. The summed E-state index contributed by atoms with van der Waals surface area (Å²) in [7, 11) is 0. The molecule has 2 aromatic heterocycles. The number of nitrogens with two attached hydrogens (primary N) is 1. The van der Waals surface area contributed by atoms with Crippen LogP contribution < -0.4 is 5.73 Å². The van der Waals surface area contributed by atoms with Crippen LogP contribution in [0.2, 0.25) is 0 Å². The number of allylic oxidation sites excluding steroid dienone is 2. The average Bonchev–Trinajstić information content (AvgIpc) is 4.06. The van der Waals surface area contributed by atoms with Crippen LogP contribution in [0.25, 0.3) is 55.5 Å². The molecular weight excluding hydrogens is 949 g/mol. The minimum atomic E-state index is -0.140. The van der Waals surface area contributed by atoms with E-state index in [1.165, 1.54) is 60.7 Å². The highest BCUT2D eigenvalue weighted by Crippen LogP contribution is 2.58. The van der Waals surface area contributed by atoms with E-state index in [2.05, 4.69) is 247 Å². The highest BCUT2D eigenvalue weighted by Gasteiger charge is 2.50. The molecule has 0 radical (unpaired) electrons. The first-order valence-electron chi connectivity index (χ1n) is 27.2. The smallest absolute Gasteiger partial charge is 0.133 e. The predicted molar refractivity (Wildman–Crippen MR) is 327 cm³/mol. The Balaban J connectivity index is 0.900. The van der Waals surface area contributed by atoms with Gasteiger partial charge in [-0.25, -0.2) is 4.99 Å². The number of amidine groups is 1. The molecule has 0 aliphatic heterocycles. The predicted octanol–water partition coefficient (Wildman–Crippen LogP) is 16.2. The maximum atomic E-state index is 7.23. The van der Waals surface area contributed by atoms with E-state index in [0.717, 1.165) is 75.6 Å². The number of benzene rings is 9. The zero-order chi connectivity index (χ0) is 52.7. The molecular formula is C72H60N6. The van der Waals surface area contributed by atoms with Gasteiger partial charge in [-0.3, -0.25) is 9.98 Å². The van der Waals surface area contributed by atoms with Crippen molar-refractivity contribution in [1.82, 2.24) is 9.13 Å². The molecule has 0 saturated carbocycles. The molecule has 11 aromatic rings. The first-order valence-corrected chi connectivity index (χ1v) is 27.2. The first kappa shape index (κ1) is 48.3. The minimum Gasteiger partial charge on any atom is -0.383 e. The van der Waals surface area contributed by atoms with Crippen molar-refractivity contribution < 1.29 is 0 Å². The Morgan fingerprint density at radius 1 is 0.577 bits per heavy atom. The highest BCUT2D eigenvalue weighted by molar-refractivity contribution is 6.13. The summed E-state index contributed by atoms with van der Waals surface area (Å²) in [4.78, 5) is 15.1. The molecule has 6 heteroatoms. The summed E-state index contributed by atoms with van der Waals surface area (Å²) >= 11 is 0. The average molecular weight is 1010 g/mol. The van der Waals surface area contributed by atoms with E-state index in [4.69, 9.17) is 15.7 Å². The largest absolute Gasteiger partial charge is 0.383 e. The minimum absolute atomic E-state index is 0.140. The number of aliphatic imine (C=N–C) groups is 3. The maximum absolute atomic E-state index is 7.23. The van der Waals surface area contributed by atoms with Gasteiger partial charge in [0.05, 0.1) is 51.6 Å². The van der Waals surface area contributed by atoms with Gasteiger partial charge in [0.1, 0.15) is 5.84 Å². The van der Waals surface area contributed by atoms with Gasteiger partial charge in [-0.15, -0.1) is 0 Å². The summed E-state index contributed by atoms with van der Waals surface area (Å²) in [5.41, 5.74) is 27.4. The number of fused-ring (bicyclic) bond motifs is 9. The van der Waals surface area contributed by atoms with Crippen LogP contribution in [-0.4, -0.2) is 27.4 Å². The van der Waals surface area contributed by atoms with Gasteiger partial charge in [-0.05, 0) is 131 Å². The fourth-order valence-electron chi connectivity index (χ4n) is 12.8. The monoisotopic (exact) mass is 1010 g/mol. The third-order valence-corrected chi connectivity index (χ3v) is 16.6. The molecule has 13 rings (SSSR count). The molecule has 2 unspecified atom stereocenters. The SMILES string of the molecule is C=N/C(=C\C(=NCc1ccccc1-n1c2ccccc2c2cc3c(cc21)C(C)(C)C1Cc2c(c4ccccc4n2-c2ccccc2C(N)=N/C(=C\Cc2ccccc2)c2ccccc2)CC31)c1ccccc1)c1ccccc1. The molecule has 0 fully saturated rings. The van der Waals surface area contributed by atoms with Gasteiger partial charge in [-0.2, -0.15) is 0 Å². The molecule has 0 saturated heterocycles. The van der Waals surface area contributed by atoms with Crippen molar-refractivity contribution in [2.75, 3.05) is 0 Å². The van der Waals surface area contributed by atoms with Crippen molar-refractivity contribution in [3.8, 4) is 11.4 Å². The van der Waals surface area contributed by atoms with E-state index in [0.29, 0.717) is 24.2 Å². The maximum Gasteiger partial charge on any atom is 0.133 e. The third-order valence-electron chi connectivity index (χ3n) is 16.6. The van der Waals surface area contributed by atoms with Gasteiger partial charge in [0, 0.05) is 33.0 Å². The van der Waals surface area contributed by atoms with Gasteiger partial charge in [-0.1, -0.05) is 208 Å². The summed E-state index contributed by atoms with van der Waals surface area (Å²) in [6, 6.07) is 81.8. The van der Waals surface area contributed by atoms with Crippen LogP contribution in [0.1, 0.15) is 75.5 Å². The van der Waals surface area contributed by atoms with E-state index in [-0.39, 0.29) is 5.41 Å². The molecule has 0 bridgehead atoms. The summed E-state index contributed by atoms with van der Waals surface area (Å²) < 4.78 is 5.01. The Morgan fingerprint density at radius 2 is 1.15 bits per heavy atom. The Morgan fingerprint density at radius 3 is 1.86 bits per heavy atom. The van der Waals surface area contributed by atoms with Gasteiger partial charge < -0.3 is 14.9 Å². The summed E-state index contributed by atoms with van der Waals surface area (Å²) in [6.45, 7) is 9.40. The lowest BCUT2D eigenvalue weighted by Crippen LogP contribution is -2.32. The van der Waals surface area contributed by atoms with E-state index >= 15 is 0 Å². The number of aromatic nitrogens is 2. The molecule has 6 nitrogen and oxygen atoms in total. The van der Waals surface area contributed by atoms with E-state index < -0.39 is 0 Å². The van der Waals surface area contributed by atoms with Gasteiger partial charge in [0.15, 0.2) is 0 Å². The van der Waals surface area contributed by atoms with Crippen LogP contribution in [0.5, 0.6) is 0 Å². The fourth-order valence-corrected chi connectivity index (χ4v) is 12.8. The van der Waals surface area contributed by atoms with Crippen LogP contribution in [0.4, 0.5) is 0 Å². The van der Waals surface area contributed by atoms with Crippen LogP contribution in [0.15, 0.2) is 258 Å². The van der Waals surface area contributed by atoms with Gasteiger partial charge >= 0.3 is 0 Å². The standard InChI is InChI=1S/C72H60N6/c1-72(2)60-44-69-58(53-33-17-21-37-66(53)77(69)65-36-20-16-32-52(65)47-75-64(51-30-14-7-15-31-51)46-63(74-3)50-28-12-6-13-29-50)42-56(60)57-43-59-54-34-18-22-38-67(54)78(70(59)45-61(57)72)68-39-23-19-35-55(68)71(73)76-62(49-26-10-5-11-27-49)41-40-48-24-8-4-9-25-48/h4-39,41-42,44,46,57,61H,3,40,43,45,47H2,1-2H3,(H2,73,76)/b62-41-,63-46-,75-64?. The van der Waals surface area contributed by atoms with Crippen molar-refractivity contribution >= 4 is 62.4 Å². The molecule has 2 heterocycles. The van der Waals surface area contributed by atoms with Crippen molar-refractivity contribution in [1.29, 1.82) is 0 Å². The van der Waals surface area contributed by atoms with Gasteiger partial charge in [0.2, 0.25) is 0 Å². The molecule has 2 N–H and O–H groups in total. The van der Waals surface area contributed by atoms with E-state index in [1.54, 1.807) is 0 Å². The summed E-state index contributed by atoms with van der Waals surface area (Å²) in [6.07, 6.45) is 6.87. The van der Waals surface area contributed by atoms with Crippen molar-refractivity contribution in [2.45, 2.75) is 51.0 Å². The lowest BCUT2D eigenvalue weighted by molar-refractivity contribution is 0.283. The molecule has 2 atom stereocenters. The first-order chi connectivity index (χ1) is 38.3. The molecule has 0 spiro atoms. The Hall–Kier alpha value is -9.39. The number of nitrogens with zero attached hydrogens (tertiary/aromatic N) is 5. The number of para-hydroxylation sites is 4. The Kier molecular flexibility index (Phi) is 12.6. The second-order valence-corrected chi connectivity index (χ2v) is 21.3. The van der Waals surface area contributed by atoms with Crippen LogP contribution >= 0.6 is 0 Å². The van der Waals surface area contributed by atoms with Crippen molar-refractivity contribution in [2.24, 2.45) is 26.6 Å². The number of hydrogen-bond donors (Lipinski definition) is 1. The lowest BCUT2D eigenvalue weighted by Gasteiger charge is -2.36. The lowest BCUT2D eigenvalue weighted by atomic mass is 9.69. The summed E-state index contributed by atoms with van der Waals surface area (Å²) in [5, 5.41) is 3.83. The molecule has 78 heavy (non-hydrogen) atoms. The summed E-state index contributed by atoms with van der Waals surface area (Å²) in [5.74, 6) is 1.19. The topological polar surface area (TPSA) is 73.0 Å². The van der Waals surface area contributed by atoms with Gasteiger partial charge in [0.25, 0.3) is 0 Å². The Bertz CT molecular complexity index is 4190. The fraction of sp³-hybridized carbons (Fsp3) is 0.125. The second kappa shape index (κ2) is 20.3. The molecule has 378 valence electrons. The third kappa shape index (κ3) is 8.60.